The average molecular weight is 421 g/mol. The molecule has 2 rings (SSSR count). The van der Waals surface area contributed by atoms with Crippen molar-refractivity contribution in [2.75, 3.05) is 26.4 Å². The van der Waals surface area contributed by atoms with E-state index in [9.17, 15) is 9.90 Å². The van der Waals surface area contributed by atoms with E-state index in [1.54, 1.807) is 0 Å². The van der Waals surface area contributed by atoms with Crippen molar-refractivity contribution in [3.05, 3.63) is 36.1 Å². The molecule has 0 bridgehead atoms. The van der Waals surface area contributed by atoms with Gasteiger partial charge in [0.05, 0.1) is 19.3 Å². The van der Waals surface area contributed by atoms with Crippen molar-refractivity contribution in [2.45, 2.75) is 71.3 Å². The van der Waals surface area contributed by atoms with Gasteiger partial charge in [-0.05, 0) is 82.8 Å². The van der Waals surface area contributed by atoms with Crippen molar-refractivity contribution in [1.82, 2.24) is 0 Å². The molecule has 1 fully saturated rings. The number of ether oxygens (including phenoxy) is 3. The molecule has 0 saturated heterocycles. The Kier molecular flexibility index (Phi) is 11.9. The third-order valence-electron chi connectivity index (χ3n) is 5.76. The summed E-state index contributed by atoms with van der Waals surface area (Å²) in [4.78, 5) is 11.5. The molecule has 0 radical (unpaired) electrons. The number of hydrogen-bond acceptors (Lipinski definition) is 5. The molecule has 5 nitrogen and oxygen atoms in total. The van der Waals surface area contributed by atoms with Gasteiger partial charge in [-0.2, -0.15) is 0 Å². The van der Waals surface area contributed by atoms with Crippen molar-refractivity contribution in [3.63, 3.8) is 0 Å². The van der Waals surface area contributed by atoms with E-state index in [0.717, 1.165) is 44.5 Å². The molecule has 1 N–H and O–H groups in total. The summed E-state index contributed by atoms with van der Waals surface area (Å²) in [5, 5.41) is 9.65. The van der Waals surface area contributed by atoms with Gasteiger partial charge in [-0.25, -0.2) is 4.79 Å². The van der Waals surface area contributed by atoms with Crippen LogP contribution in [-0.4, -0.2) is 43.6 Å². The minimum Gasteiger partial charge on any atom is -0.494 e. The second-order valence-electron chi connectivity index (χ2n) is 8.69. The smallest absolute Gasteiger partial charge is 0.332 e. The average Bonchev–Trinajstić information content (AvgIpc) is 3.18. The van der Waals surface area contributed by atoms with Crippen molar-refractivity contribution in [3.8, 4) is 0 Å². The third kappa shape index (κ3) is 9.94. The molecule has 0 aromatic heterocycles. The van der Waals surface area contributed by atoms with Crippen LogP contribution in [0.1, 0.15) is 65.2 Å². The van der Waals surface area contributed by atoms with Gasteiger partial charge in [-0.1, -0.05) is 24.6 Å². The van der Waals surface area contributed by atoms with Crippen LogP contribution in [0.2, 0.25) is 0 Å². The fourth-order valence-electron chi connectivity index (χ4n) is 4.17. The van der Waals surface area contributed by atoms with Crippen LogP contribution in [0, 0.1) is 17.8 Å². The largest absolute Gasteiger partial charge is 0.494 e. The topological polar surface area (TPSA) is 65.0 Å². The van der Waals surface area contributed by atoms with E-state index in [2.05, 4.69) is 30.4 Å². The number of esters is 1. The summed E-state index contributed by atoms with van der Waals surface area (Å²) in [6.45, 7) is 4.82. The molecular formula is C25H40O5. The molecule has 0 aliphatic heterocycles. The minimum absolute atomic E-state index is 0.0434. The van der Waals surface area contributed by atoms with Gasteiger partial charge < -0.3 is 19.3 Å². The van der Waals surface area contributed by atoms with Crippen molar-refractivity contribution in [1.29, 1.82) is 0 Å². The molecular weight excluding hydrogens is 380 g/mol. The van der Waals surface area contributed by atoms with Crippen LogP contribution < -0.4 is 0 Å². The normalized spacial score (nSPS) is 22.5. The summed E-state index contributed by atoms with van der Waals surface area (Å²) in [5.41, 5.74) is 0. The maximum absolute atomic E-state index is 11.5. The lowest BCUT2D eigenvalue weighted by Gasteiger charge is -2.20. The summed E-state index contributed by atoms with van der Waals surface area (Å²) >= 11 is 0. The molecule has 0 amide bonds. The fraction of sp³-hybridized carbons (Fsp3) is 0.720. The monoisotopic (exact) mass is 420 g/mol. The highest BCUT2D eigenvalue weighted by Gasteiger charge is 2.25. The predicted molar refractivity (Wildman–Crippen MR) is 119 cm³/mol. The van der Waals surface area contributed by atoms with Gasteiger partial charge in [-0.15, -0.1) is 0 Å². The Morgan fingerprint density at radius 3 is 2.90 bits per heavy atom. The SMILES string of the molecule is CC(C)OC(=O)COC[C@H](CO)CC[C@H]1CCC[C@@H]1/C=C/CCOC1=CCCC=C1. The summed E-state index contributed by atoms with van der Waals surface area (Å²) in [6, 6.07) is 0. The quantitative estimate of drug-likeness (QED) is 0.244. The Morgan fingerprint density at radius 1 is 1.30 bits per heavy atom. The molecule has 2 aliphatic rings. The first kappa shape index (κ1) is 24.7. The lowest BCUT2D eigenvalue weighted by molar-refractivity contribution is -0.153. The Hall–Kier alpha value is -1.59. The Bertz CT molecular complexity index is 578. The summed E-state index contributed by atoms with van der Waals surface area (Å²) < 4.78 is 16.3. The van der Waals surface area contributed by atoms with Crippen LogP contribution in [0.15, 0.2) is 36.1 Å². The molecule has 0 aromatic carbocycles. The Balaban J connectivity index is 1.62. The summed E-state index contributed by atoms with van der Waals surface area (Å²) in [5.74, 6) is 2.03. The molecule has 170 valence electrons. The van der Waals surface area contributed by atoms with Crippen LogP contribution in [-0.2, 0) is 19.0 Å². The van der Waals surface area contributed by atoms with E-state index in [0.29, 0.717) is 18.4 Å². The molecule has 0 aromatic rings. The van der Waals surface area contributed by atoms with E-state index in [-0.39, 0.29) is 31.2 Å². The first-order valence-electron chi connectivity index (χ1n) is 11.6. The molecule has 30 heavy (non-hydrogen) atoms. The predicted octanol–water partition coefficient (Wildman–Crippen LogP) is 4.96. The van der Waals surface area contributed by atoms with Crippen LogP contribution >= 0.6 is 0 Å². The van der Waals surface area contributed by atoms with Gasteiger partial charge >= 0.3 is 5.97 Å². The van der Waals surface area contributed by atoms with Gasteiger partial charge in [-0.3, -0.25) is 0 Å². The van der Waals surface area contributed by atoms with Gasteiger partial charge in [0.15, 0.2) is 0 Å². The van der Waals surface area contributed by atoms with Crippen LogP contribution in [0.4, 0.5) is 0 Å². The molecule has 2 aliphatic carbocycles. The fourth-order valence-corrected chi connectivity index (χ4v) is 4.17. The number of carbonyl (C=O) groups is 1. The number of allylic oxidation sites excluding steroid dienone is 4. The maximum Gasteiger partial charge on any atom is 0.332 e. The number of rotatable bonds is 14. The Morgan fingerprint density at radius 2 is 2.17 bits per heavy atom. The molecule has 1 saturated carbocycles. The highest BCUT2D eigenvalue weighted by molar-refractivity contribution is 5.70. The number of aliphatic hydroxyl groups is 1. The lowest BCUT2D eigenvalue weighted by atomic mass is 9.88. The molecule has 5 heteroatoms. The third-order valence-corrected chi connectivity index (χ3v) is 5.76. The summed E-state index contributed by atoms with van der Waals surface area (Å²) in [7, 11) is 0. The highest BCUT2D eigenvalue weighted by atomic mass is 16.6. The van der Waals surface area contributed by atoms with E-state index in [1.165, 1.54) is 19.3 Å². The van der Waals surface area contributed by atoms with Gasteiger partial charge in [0.1, 0.15) is 12.4 Å². The number of aliphatic hydroxyl groups excluding tert-OH is 1. The maximum atomic E-state index is 11.5. The second kappa shape index (κ2) is 14.4. The lowest BCUT2D eigenvalue weighted by Crippen LogP contribution is -2.21. The van der Waals surface area contributed by atoms with Crippen molar-refractivity contribution in [2.24, 2.45) is 17.8 Å². The zero-order valence-electron chi connectivity index (χ0n) is 18.8. The van der Waals surface area contributed by atoms with Crippen LogP contribution in [0.5, 0.6) is 0 Å². The van der Waals surface area contributed by atoms with E-state index in [1.807, 2.05) is 13.8 Å². The zero-order chi connectivity index (χ0) is 21.6. The van der Waals surface area contributed by atoms with Crippen LogP contribution in [0.25, 0.3) is 0 Å². The second-order valence-corrected chi connectivity index (χ2v) is 8.69. The van der Waals surface area contributed by atoms with Crippen molar-refractivity contribution >= 4 is 5.97 Å². The van der Waals surface area contributed by atoms with E-state index >= 15 is 0 Å². The van der Waals surface area contributed by atoms with E-state index in [4.69, 9.17) is 14.2 Å². The first-order valence-corrected chi connectivity index (χ1v) is 11.6. The number of carbonyl (C=O) groups excluding carboxylic acids is 1. The van der Waals surface area contributed by atoms with Gasteiger partial charge in [0.2, 0.25) is 0 Å². The molecule has 0 spiro atoms. The standard InChI is InChI=1S/C25H40O5/c1-20(2)30-25(27)19-28-18-21(17-26)14-15-23-11-8-10-22(23)9-6-7-16-29-24-12-4-3-5-13-24/h4,6,9,12-13,20-23,26H,3,5,7-8,10-11,14-19H2,1-2H3/b9-6+/t21-,22-,23+/m0/s1. The zero-order valence-corrected chi connectivity index (χ0v) is 18.8. The van der Waals surface area contributed by atoms with Crippen molar-refractivity contribution < 1.29 is 24.1 Å². The molecule has 3 atom stereocenters. The molecule has 0 heterocycles. The van der Waals surface area contributed by atoms with Gasteiger partial charge in [0, 0.05) is 12.5 Å². The van der Waals surface area contributed by atoms with Gasteiger partial charge in [0.25, 0.3) is 0 Å². The number of hydrogen-bond donors (Lipinski definition) is 1. The van der Waals surface area contributed by atoms with E-state index < -0.39 is 0 Å². The highest BCUT2D eigenvalue weighted by Crippen LogP contribution is 2.36. The summed E-state index contributed by atoms with van der Waals surface area (Å²) in [6.07, 6.45) is 19.8. The van der Waals surface area contributed by atoms with Crippen LogP contribution in [0.3, 0.4) is 0 Å². The molecule has 0 unspecified atom stereocenters. The Labute approximate surface area is 182 Å². The first-order chi connectivity index (χ1) is 14.6. The minimum atomic E-state index is -0.345.